The van der Waals surface area contributed by atoms with Crippen molar-refractivity contribution < 1.29 is 9.53 Å². The van der Waals surface area contributed by atoms with Gasteiger partial charge < -0.3 is 9.64 Å². The van der Waals surface area contributed by atoms with Crippen LogP contribution in [0.5, 0.6) is 0 Å². The highest BCUT2D eigenvalue weighted by Crippen LogP contribution is 2.07. The molecule has 5 nitrogen and oxygen atoms in total. The van der Waals surface area contributed by atoms with Crippen LogP contribution in [-0.4, -0.2) is 61.1 Å². The number of piperazine rings is 1. The van der Waals surface area contributed by atoms with E-state index in [1.54, 1.807) is 6.07 Å². The molecule has 1 aromatic heterocycles. The highest BCUT2D eigenvalue weighted by Gasteiger charge is 2.15. The number of carbonyl (C=O) groups excluding carboxylic acids is 1. The van der Waals surface area contributed by atoms with Gasteiger partial charge in [-0.15, -0.1) is 0 Å². The average molecular weight is 249 g/mol. The lowest BCUT2D eigenvalue weighted by molar-refractivity contribution is 0.0593. The number of aromatic nitrogens is 1. The van der Waals surface area contributed by atoms with Gasteiger partial charge in [-0.1, -0.05) is 6.07 Å². The van der Waals surface area contributed by atoms with Crippen molar-refractivity contribution in [2.45, 2.75) is 6.54 Å². The Morgan fingerprint density at radius 2 is 2.06 bits per heavy atom. The lowest BCUT2D eigenvalue weighted by Crippen LogP contribution is -2.44. The molecule has 0 atom stereocenters. The van der Waals surface area contributed by atoms with Crippen molar-refractivity contribution in [3.63, 3.8) is 0 Å². The lowest BCUT2D eigenvalue weighted by Gasteiger charge is -2.32. The van der Waals surface area contributed by atoms with E-state index in [0.717, 1.165) is 38.4 Å². The second kappa shape index (κ2) is 5.93. The SMILES string of the molecule is COC(=O)c1cccc(CN2CCN(C)CC2)n1. The fourth-order valence-corrected chi connectivity index (χ4v) is 2.02. The third kappa shape index (κ3) is 3.27. The smallest absolute Gasteiger partial charge is 0.356 e. The Balaban J connectivity index is 1.99. The van der Waals surface area contributed by atoms with Crippen LogP contribution in [0.2, 0.25) is 0 Å². The highest BCUT2D eigenvalue weighted by atomic mass is 16.5. The molecule has 2 rings (SSSR count). The number of esters is 1. The Bertz CT molecular complexity index is 414. The number of ether oxygens (including phenoxy) is 1. The van der Waals surface area contributed by atoms with Gasteiger partial charge in [-0.3, -0.25) is 4.90 Å². The molecule has 1 aromatic rings. The monoisotopic (exact) mass is 249 g/mol. The molecular weight excluding hydrogens is 230 g/mol. The van der Waals surface area contributed by atoms with Crippen LogP contribution in [0.25, 0.3) is 0 Å². The minimum Gasteiger partial charge on any atom is -0.464 e. The van der Waals surface area contributed by atoms with Crippen LogP contribution in [0.3, 0.4) is 0 Å². The van der Waals surface area contributed by atoms with E-state index >= 15 is 0 Å². The van der Waals surface area contributed by atoms with Crippen LogP contribution in [0, 0.1) is 0 Å². The third-order valence-corrected chi connectivity index (χ3v) is 3.18. The van der Waals surface area contributed by atoms with Crippen LogP contribution < -0.4 is 0 Å². The second-order valence-electron chi connectivity index (χ2n) is 4.59. The molecule has 0 bridgehead atoms. The fraction of sp³-hybridized carbons (Fsp3) is 0.538. The van der Waals surface area contributed by atoms with Gasteiger partial charge in [-0.2, -0.15) is 0 Å². The highest BCUT2D eigenvalue weighted by molar-refractivity contribution is 5.87. The molecule has 18 heavy (non-hydrogen) atoms. The first-order valence-electron chi connectivity index (χ1n) is 6.14. The van der Waals surface area contributed by atoms with E-state index in [2.05, 4.69) is 26.6 Å². The maximum absolute atomic E-state index is 11.4. The summed E-state index contributed by atoms with van der Waals surface area (Å²) in [6.45, 7) is 5.04. The molecule has 0 spiro atoms. The minimum atomic E-state index is -0.379. The van der Waals surface area contributed by atoms with Gasteiger partial charge in [0.05, 0.1) is 12.8 Å². The Morgan fingerprint density at radius 1 is 1.33 bits per heavy atom. The van der Waals surface area contributed by atoms with Gasteiger partial charge in [0.1, 0.15) is 5.69 Å². The number of nitrogens with zero attached hydrogens (tertiary/aromatic N) is 3. The number of carbonyl (C=O) groups is 1. The topological polar surface area (TPSA) is 45.7 Å². The maximum atomic E-state index is 11.4. The molecule has 0 radical (unpaired) electrons. The minimum absolute atomic E-state index is 0.379. The largest absolute Gasteiger partial charge is 0.464 e. The predicted molar refractivity (Wildman–Crippen MR) is 68.4 cm³/mol. The van der Waals surface area contributed by atoms with Crippen LogP contribution in [0.15, 0.2) is 18.2 Å². The number of hydrogen-bond donors (Lipinski definition) is 0. The first-order chi connectivity index (χ1) is 8.69. The van der Waals surface area contributed by atoms with Crippen LogP contribution in [0.4, 0.5) is 0 Å². The lowest BCUT2D eigenvalue weighted by atomic mass is 10.2. The standard InChI is InChI=1S/C13H19N3O2/c1-15-6-8-16(9-7-15)10-11-4-3-5-12(14-11)13(17)18-2/h3-5H,6-10H2,1-2H3. The normalized spacial score (nSPS) is 17.7. The molecule has 1 aliphatic rings. The molecule has 0 amide bonds. The summed E-state index contributed by atoms with van der Waals surface area (Å²) in [5, 5.41) is 0. The summed E-state index contributed by atoms with van der Waals surface area (Å²) < 4.78 is 4.67. The zero-order valence-electron chi connectivity index (χ0n) is 10.9. The van der Waals surface area contributed by atoms with E-state index in [1.807, 2.05) is 12.1 Å². The number of likely N-dealkylation sites (N-methyl/N-ethyl adjacent to an activating group) is 1. The zero-order chi connectivity index (χ0) is 13.0. The molecule has 0 unspecified atom stereocenters. The van der Waals surface area contributed by atoms with Gasteiger partial charge in [0.2, 0.25) is 0 Å². The van der Waals surface area contributed by atoms with Crippen molar-refractivity contribution in [1.82, 2.24) is 14.8 Å². The van der Waals surface area contributed by atoms with Crippen molar-refractivity contribution >= 4 is 5.97 Å². The second-order valence-corrected chi connectivity index (χ2v) is 4.59. The van der Waals surface area contributed by atoms with Gasteiger partial charge in [0.25, 0.3) is 0 Å². The van der Waals surface area contributed by atoms with E-state index in [1.165, 1.54) is 7.11 Å². The van der Waals surface area contributed by atoms with Crippen molar-refractivity contribution in [2.75, 3.05) is 40.3 Å². The molecule has 0 saturated carbocycles. The third-order valence-electron chi connectivity index (χ3n) is 3.18. The summed E-state index contributed by atoms with van der Waals surface area (Å²) in [5.74, 6) is -0.379. The Labute approximate surface area is 107 Å². The molecule has 1 aliphatic heterocycles. The van der Waals surface area contributed by atoms with Crippen LogP contribution in [0.1, 0.15) is 16.2 Å². The van der Waals surface area contributed by atoms with E-state index in [9.17, 15) is 4.79 Å². The average Bonchev–Trinajstić information content (AvgIpc) is 2.41. The maximum Gasteiger partial charge on any atom is 0.356 e. The molecule has 0 N–H and O–H groups in total. The molecule has 5 heteroatoms. The van der Waals surface area contributed by atoms with E-state index < -0.39 is 0 Å². The fourth-order valence-electron chi connectivity index (χ4n) is 2.02. The molecule has 2 heterocycles. The quantitative estimate of drug-likeness (QED) is 0.735. The molecule has 1 fully saturated rings. The number of hydrogen-bond acceptors (Lipinski definition) is 5. The van der Waals surface area contributed by atoms with Gasteiger partial charge in [0.15, 0.2) is 0 Å². The number of methoxy groups -OCH3 is 1. The molecular formula is C13H19N3O2. The predicted octanol–water partition coefficient (Wildman–Crippen LogP) is 0.616. The first-order valence-corrected chi connectivity index (χ1v) is 6.14. The molecule has 0 aromatic carbocycles. The van der Waals surface area contributed by atoms with E-state index in [-0.39, 0.29) is 5.97 Å². The van der Waals surface area contributed by atoms with Gasteiger partial charge in [0, 0.05) is 32.7 Å². The van der Waals surface area contributed by atoms with E-state index in [0.29, 0.717) is 5.69 Å². The van der Waals surface area contributed by atoms with Gasteiger partial charge >= 0.3 is 5.97 Å². The number of pyridine rings is 1. The van der Waals surface area contributed by atoms with Crippen LogP contribution in [-0.2, 0) is 11.3 Å². The first kappa shape index (κ1) is 13.0. The molecule has 1 saturated heterocycles. The van der Waals surface area contributed by atoms with Crippen molar-refractivity contribution in [3.05, 3.63) is 29.6 Å². The van der Waals surface area contributed by atoms with E-state index in [4.69, 9.17) is 0 Å². The van der Waals surface area contributed by atoms with Crippen LogP contribution >= 0.6 is 0 Å². The Morgan fingerprint density at radius 3 is 2.72 bits per heavy atom. The zero-order valence-corrected chi connectivity index (χ0v) is 10.9. The summed E-state index contributed by atoms with van der Waals surface area (Å²) >= 11 is 0. The summed E-state index contributed by atoms with van der Waals surface area (Å²) in [4.78, 5) is 20.4. The Hall–Kier alpha value is -1.46. The van der Waals surface area contributed by atoms with Crippen molar-refractivity contribution in [1.29, 1.82) is 0 Å². The molecule has 98 valence electrons. The molecule has 0 aliphatic carbocycles. The number of rotatable bonds is 3. The summed E-state index contributed by atoms with van der Waals surface area (Å²) in [7, 11) is 3.50. The summed E-state index contributed by atoms with van der Waals surface area (Å²) in [6, 6.07) is 5.48. The Kier molecular flexibility index (Phi) is 4.28. The van der Waals surface area contributed by atoms with Crippen molar-refractivity contribution in [2.24, 2.45) is 0 Å². The van der Waals surface area contributed by atoms with Gasteiger partial charge in [-0.05, 0) is 19.2 Å². The van der Waals surface area contributed by atoms with Gasteiger partial charge in [-0.25, -0.2) is 9.78 Å². The van der Waals surface area contributed by atoms with Crippen molar-refractivity contribution in [3.8, 4) is 0 Å². The summed E-state index contributed by atoms with van der Waals surface area (Å²) in [6.07, 6.45) is 0. The summed E-state index contributed by atoms with van der Waals surface area (Å²) in [5.41, 5.74) is 1.30.